The van der Waals surface area contributed by atoms with Crippen LogP contribution in [-0.2, 0) is 20.1 Å². The van der Waals surface area contributed by atoms with E-state index < -0.39 is 0 Å². The first kappa shape index (κ1) is 12.9. The Morgan fingerprint density at radius 1 is 1.25 bits per heavy atom. The lowest BCUT2D eigenvalue weighted by Crippen LogP contribution is -2.11. The first-order chi connectivity index (χ1) is 9.79. The highest BCUT2D eigenvalue weighted by molar-refractivity contribution is 5.80. The number of rotatable bonds is 5. The molecule has 3 aromatic heterocycles. The molecule has 0 saturated heterocycles. The molecule has 0 aliphatic carbocycles. The molecule has 0 amide bonds. The van der Waals surface area contributed by atoms with Gasteiger partial charge in [-0.25, -0.2) is 9.97 Å². The molecule has 104 valence electrons. The monoisotopic (exact) mass is 269 g/mol. The fourth-order valence-corrected chi connectivity index (χ4v) is 2.42. The van der Waals surface area contributed by atoms with Crippen LogP contribution in [0.3, 0.4) is 0 Å². The smallest absolute Gasteiger partial charge is 0.140 e. The van der Waals surface area contributed by atoms with E-state index in [2.05, 4.69) is 39.0 Å². The normalized spacial score (nSPS) is 11.3. The van der Waals surface area contributed by atoms with Gasteiger partial charge in [-0.2, -0.15) is 0 Å². The van der Waals surface area contributed by atoms with Gasteiger partial charge in [-0.3, -0.25) is 0 Å². The van der Waals surface area contributed by atoms with E-state index >= 15 is 0 Å². The third-order valence-corrected chi connectivity index (χ3v) is 3.51. The lowest BCUT2D eigenvalue weighted by atomic mass is 10.2. The Morgan fingerprint density at radius 3 is 2.90 bits per heavy atom. The summed E-state index contributed by atoms with van der Waals surface area (Å²) in [7, 11) is 2.01. The summed E-state index contributed by atoms with van der Waals surface area (Å²) in [6, 6.07) is 4.12. The minimum atomic E-state index is 0.739. The van der Waals surface area contributed by atoms with E-state index in [1.165, 1.54) is 10.9 Å². The molecule has 0 fully saturated rings. The minimum absolute atomic E-state index is 0.739. The van der Waals surface area contributed by atoms with Crippen LogP contribution >= 0.6 is 0 Å². The van der Waals surface area contributed by atoms with E-state index in [9.17, 15) is 0 Å². The molecule has 0 bridgehead atoms. The fraction of sp³-hybridized carbons (Fsp3) is 0.333. The van der Waals surface area contributed by atoms with Crippen molar-refractivity contribution in [2.24, 2.45) is 7.05 Å². The molecule has 3 rings (SSSR count). The number of hydrogen-bond donors (Lipinski definition) is 1. The first-order valence-electron chi connectivity index (χ1n) is 6.89. The zero-order chi connectivity index (χ0) is 13.9. The van der Waals surface area contributed by atoms with Crippen LogP contribution < -0.4 is 5.32 Å². The molecule has 0 saturated carbocycles. The third kappa shape index (κ3) is 2.32. The van der Waals surface area contributed by atoms with Gasteiger partial charge in [-0.15, -0.1) is 0 Å². The molecular formula is C15H19N5. The van der Waals surface area contributed by atoms with Crippen LogP contribution in [0.4, 0.5) is 0 Å². The molecule has 0 aliphatic heterocycles. The second kappa shape index (κ2) is 5.46. The number of aryl methyl sites for hydroxylation is 1. The fourth-order valence-electron chi connectivity index (χ4n) is 2.42. The van der Waals surface area contributed by atoms with Crippen LogP contribution in [0, 0.1) is 0 Å². The molecule has 0 spiro atoms. The van der Waals surface area contributed by atoms with Gasteiger partial charge >= 0.3 is 0 Å². The van der Waals surface area contributed by atoms with Gasteiger partial charge in [0.15, 0.2) is 0 Å². The van der Waals surface area contributed by atoms with Gasteiger partial charge < -0.3 is 14.5 Å². The van der Waals surface area contributed by atoms with Gasteiger partial charge in [-0.05, 0) is 24.2 Å². The Morgan fingerprint density at radius 2 is 2.15 bits per heavy atom. The highest BCUT2D eigenvalue weighted by Gasteiger charge is 2.10. The summed E-state index contributed by atoms with van der Waals surface area (Å²) >= 11 is 0. The molecule has 0 unspecified atom stereocenters. The zero-order valence-electron chi connectivity index (χ0n) is 11.9. The van der Waals surface area contributed by atoms with E-state index in [4.69, 9.17) is 0 Å². The first-order valence-corrected chi connectivity index (χ1v) is 6.89. The maximum Gasteiger partial charge on any atom is 0.140 e. The second-order valence-electron chi connectivity index (χ2n) is 4.89. The van der Waals surface area contributed by atoms with Gasteiger partial charge in [0.05, 0.1) is 6.54 Å². The van der Waals surface area contributed by atoms with E-state index in [-0.39, 0.29) is 0 Å². The number of fused-ring (bicyclic) bond motifs is 1. The summed E-state index contributed by atoms with van der Waals surface area (Å²) in [5.41, 5.74) is 2.30. The van der Waals surface area contributed by atoms with Crippen molar-refractivity contribution >= 4 is 11.0 Å². The Kier molecular flexibility index (Phi) is 3.52. The molecule has 0 aliphatic rings. The maximum absolute atomic E-state index is 4.52. The largest absolute Gasteiger partial charge is 0.337 e. The quantitative estimate of drug-likeness (QED) is 0.770. The van der Waals surface area contributed by atoms with Crippen LogP contribution in [0.25, 0.3) is 11.0 Å². The SMILES string of the molecule is CCNCc1cn(Cc2nccn2C)c2ncccc12. The molecule has 1 N–H and O–H groups in total. The average Bonchev–Trinajstić information content (AvgIpc) is 3.02. The molecule has 0 aromatic carbocycles. The van der Waals surface area contributed by atoms with Crippen LogP contribution in [-0.4, -0.2) is 25.6 Å². The van der Waals surface area contributed by atoms with Crippen molar-refractivity contribution in [1.29, 1.82) is 0 Å². The van der Waals surface area contributed by atoms with Crippen molar-refractivity contribution in [3.8, 4) is 0 Å². The number of imidazole rings is 1. The number of nitrogens with one attached hydrogen (secondary N) is 1. The summed E-state index contributed by atoms with van der Waals surface area (Å²) in [6.07, 6.45) is 7.81. The van der Waals surface area contributed by atoms with E-state index in [1.807, 2.05) is 36.3 Å². The number of aromatic nitrogens is 4. The standard InChI is InChI=1S/C15H19N5/c1-3-16-9-12-10-20(11-14-17-7-8-19(14)2)15-13(12)5-4-6-18-15/h4-8,10,16H,3,9,11H2,1-2H3. The maximum atomic E-state index is 4.52. The topological polar surface area (TPSA) is 47.7 Å². The molecule has 3 aromatic rings. The van der Waals surface area contributed by atoms with Gasteiger partial charge in [0.1, 0.15) is 11.5 Å². The zero-order valence-corrected chi connectivity index (χ0v) is 11.9. The third-order valence-electron chi connectivity index (χ3n) is 3.51. The molecule has 5 nitrogen and oxygen atoms in total. The summed E-state index contributed by atoms with van der Waals surface area (Å²) in [4.78, 5) is 8.91. The lowest BCUT2D eigenvalue weighted by molar-refractivity contribution is 0.700. The Hall–Kier alpha value is -2.14. The van der Waals surface area contributed by atoms with Crippen LogP contribution in [0.2, 0.25) is 0 Å². The molecule has 3 heterocycles. The van der Waals surface area contributed by atoms with Crippen LogP contribution in [0.5, 0.6) is 0 Å². The Labute approximate surface area is 118 Å². The molecule has 20 heavy (non-hydrogen) atoms. The number of nitrogens with zero attached hydrogens (tertiary/aromatic N) is 4. The van der Waals surface area contributed by atoms with Gasteiger partial charge in [-0.1, -0.05) is 6.92 Å². The number of pyridine rings is 1. The van der Waals surface area contributed by atoms with Crippen molar-refractivity contribution in [2.75, 3.05) is 6.54 Å². The van der Waals surface area contributed by atoms with Gasteiger partial charge in [0.2, 0.25) is 0 Å². The van der Waals surface area contributed by atoms with Crippen molar-refractivity contribution in [3.05, 3.63) is 48.3 Å². The van der Waals surface area contributed by atoms with Crippen molar-refractivity contribution < 1.29 is 0 Å². The predicted molar refractivity (Wildman–Crippen MR) is 79.4 cm³/mol. The summed E-state index contributed by atoms with van der Waals surface area (Å²) in [5, 5.41) is 4.59. The van der Waals surface area contributed by atoms with E-state index in [0.29, 0.717) is 0 Å². The molecule has 0 atom stereocenters. The predicted octanol–water partition coefficient (Wildman–Crippen LogP) is 1.93. The second-order valence-corrected chi connectivity index (χ2v) is 4.89. The van der Waals surface area contributed by atoms with E-state index in [1.54, 1.807) is 0 Å². The molecule has 0 radical (unpaired) electrons. The van der Waals surface area contributed by atoms with Crippen molar-refractivity contribution in [1.82, 2.24) is 24.4 Å². The Balaban J connectivity index is 2.00. The summed E-state index contributed by atoms with van der Waals surface area (Å²) in [6.45, 7) is 4.69. The highest BCUT2D eigenvalue weighted by atomic mass is 15.1. The number of hydrogen-bond acceptors (Lipinski definition) is 3. The van der Waals surface area contributed by atoms with Gasteiger partial charge in [0, 0.05) is 43.8 Å². The van der Waals surface area contributed by atoms with Crippen LogP contribution in [0.1, 0.15) is 18.3 Å². The van der Waals surface area contributed by atoms with Crippen LogP contribution in [0.15, 0.2) is 36.9 Å². The van der Waals surface area contributed by atoms with Gasteiger partial charge in [0.25, 0.3) is 0 Å². The minimum Gasteiger partial charge on any atom is -0.337 e. The highest BCUT2D eigenvalue weighted by Crippen LogP contribution is 2.20. The summed E-state index contributed by atoms with van der Waals surface area (Å²) < 4.78 is 4.21. The Bertz CT molecular complexity index is 710. The van der Waals surface area contributed by atoms with E-state index in [0.717, 1.165) is 31.1 Å². The lowest BCUT2D eigenvalue weighted by Gasteiger charge is -2.04. The molecular weight excluding hydrogens is 250 g/mol. The summed E-state index contributed by atoms with van der Waals surface area (Å²) in [5.74, 6) is 1.03. The average molecular weight is 269 g/mol. The van der Waals surface area contributed by atoms with Crippen molar-refractivity contribution in [2.45, 2.75) is 20.0 Å². The molecule has 5 heteroatoms. The van der Waals surface area contributed by atoms with Crippen molar-refractivity contribution in [3.63, 3.8) is 0 Å².